The fraction of sp³-hybridized carbons (Fsp3) is 0.905. The number of aliphatic hydroxyl groups is 4. The van der Waals surface area contributed by atoms with E-state index >= 15 is 0 Å². The number of fused-ring (bicyclic) bond motifs is 1. The number of quaternary nitrogens is 1. The van der Waals surface area contributed by atoms with Crippen LogP contribution in [0.15, 0.2) is 12.2 Å². The van der Waals surface area contributed by atoms with Gasteiger partial charge in [-0.25, -0.2) is 0 Å². The molecule has 0 aromatic carbocycles. The fourth-order valence-corrected chi connectivity index (χ4v) is 11.5. The summed E-state index contributed by atoms with van der Waals surface area (Å²) >= 11 is 0. The quantitative estimate of drug-likeness (QED) is 0.368. The molecule has 3 aliphatic heterocycles. The van der Waals surface area contributed by atoms with Crippen molar-refractivity contribution in [3.8, 4) is 0 Å². The lowest BCUT2D eigenvalue weighted by Crippen LogP contribution is -2.72. The van der Waals surface area contributed by atoms with Crippen molar-refractivity contribution >= 4 is 0 Å². The molecular weight excluding hydrogens is 330 g/mol. The normalized spacial score (nSPS) is 76.9. The predicted molar refractivity (Wildman–Crippen MR) is 92.4 cm³/mol. The Balaban J connectivity index is 1.57. The molecular formula is C21H30NO4+. The molecule has 9 fully saturated rings. The average Bonchev–Trinajstić information content (AvgIpc) is 2.83. The Hall–Kier alpha value is -0.460. The Kier molecular flexibility index (Phi) is 2.14. The van der Waals surface area contributed by atoms with Crippen LogP contribution in [0.2, 0.25) is 0 Å². The van der Waals surface area contributed by atoms with Gasteiger partial charge in [0.2, 0.25) is 5.72 Å². The number of rotatable bonds is 0. The Labute approximate surface area is 153 Å². The molecule has 6 saturated carbocycles. The minimum atomic E-state index is -0.836. The van der Waals surface area contributed by atoms with E-state index in [2.05, 4.69) is 20.6 Å². The van der Waals surface area contributed by atoms with E-state index in [0.29, 0.717) is 23.4 Å². The number of hydrogen-bond acceptors (Lipinski definition) is 4. The van der Waals surface area contributed by atoms with Gasteiger partial charge in [0.15, 0.2) is 0 Å². The van der Waals surface area contributed by atoms with E-state index in [1.807, 2.05) is 0 Å². The molecule has 9 bridgehead atoms. The summed E-state index contributed by atoms with van der Waals surface area (Å²) < 4.78 is 0.580. The number of nitrogens with zero attached hydrogens (tertiary/aromatic N) is 1. The van der Waals surface area contributed by atoms with Crippen molar-refractivity contribution in [2.75, 3.05) is 13.6 Å². The van der Waals surface area contributed by atoms with E-state index < -0.39 is 23.3 Å². The number of aliphatic hydroxyl groups excluding tert-OH is 3. The van der Waals surface area contributed by atoms with Gasteiger partial charge >= 0.3 is 0 Å². The van der Waals surface area contributed by atoms with E-state index in [0.717, 1.165) is 19.3 Å². The largest absolute Gasteiger partial charge is 0.392 e. The molecule has 3 heterocycles. The lowest BCUT2D eigenvalue weighted by Gasteiger charge is -2.65. The number of piperidine rings is 2. The molecule has 5 nitrogen and oxygen atoms in total. The average molecular weight is 360 g/mol. The van der Waals surface area contributed by atoms with Gasteiger partial charge in [0.25, 0.3) is 0 Å². The van der Waals surface area contributed by atoms with Gasteiger partial charge in [-0.3, -0.25) is 4.48 Å². The second-order valence-electron chi connectivity index (χ2n) is 11.7. The van der Waals surface area contributed by atoms with Crippen LogP contribution in [0.5, 0.6) is 0 Å². The summed E-state index contributed by atoms with van der Waals surface area (Å²) in [5.74, 6) is 0.853. The maximum atomic E-state index is 12.2. The molecule has 0 aromatic heterocycles. The highest BCUT2D eigenvalue weighted by Gasteiger charge is 2.99. The van der Waals surface area contributed by atoms with Crippen LogP contribution < -0.4 is 0 Å². The van der Waals surface area contributed by atoms with Crippen molar-refractivity contribution in [2.45, 2.75) is 62.7 Å². The third kappa shape index (κ3) is 1.02. The van der Waals surface area contributed by atoms with E-state index in [4.69, 9.17) is 0 Å². The van der Waals surface area contributed by atoms with Gasteiger partial charge in [0, 0.05) is 23.7 Å². The second kappa shape index (κ2) is 3.59. The molecule has 9 aliphatic rings. The van der Waals surface area contributed by atoms with Crippen LogP contribution in [0.4, 0.5) is 0 Å². The van der Waals surface area contributed by atoms with Crippen molar-refractivity contribution < 1.29 is 24.9 Å². The van der Waals surface area contributed by atoms with Crippen molar-refractivity contribution in [2.24, 2.45) is 39.9 Å². The Morgan fingerprint density at radius 1 is 1.23 bits per heavy atom. The summed E-state index contributed by atoms with van der Waals surface area (Å²) in [5, 5.41) is 45.3. The first kappa shape index (κ1) is 15.5. The van der Waals surface area contributed by atoms with Gasteiger partial charge in [-0.05, 0) is 30.6 Å². The minimum Gasteiger partial charge on any atom is -0.392 e. The predicted octanol–water partition coefficient (Wildman–Crippen LogP) is 0.229. The van der Waals surface area contributed by atoms with E-state index in [-0.39, 0.29) is 40.7 Å². The third-order valence-electron chi connectivity index (χ3n) is 11.3. The van der Waals surface area contributed by atoms with Gasteiger partial charge in [-0.2, -0.15) is 0 Å². The van der Waals surface area contributed by atoms with Crippen molar-refractivity contribution in [1.82, 2.24) is 0 Å². The highest BCUT2D eigenvalue weighted by molar-refractivity contribution is 5.40. The number of hydrogen-bond donors (Lipinski definition) is 4. The van der Waals surface area contributed by atoms with Gasteiger partial charge in [0.1, 0.15) is 6.04 Å². The molecule has 6 aliphatic carbocycles. The Morgan fingerprint density at radius 3 is 2.69 bits per heavy atom. The molecule has 2 spiro atoms. The van der Waals surface area contributed by atoms with Gasteiger partial charge in [-0.1, -0.05) is 19.1 Å². The molecule has 3 saturated heterocycles. The van der Waals surface area contributed by atoms with Gasteiger partial charge in [-0.15, -0.1) is 0 Å². The van der Waals surface area contributed by atoms with E-state index in [9.17, 15) is 20.4 Å². The second-order valence-corrected chi connectivity index (χ2v) is 11.7. The zero-order valence-corrected chi connectivity index (χ0v) is 15.6. The standard InChI is InChI=1S/C21H30NO4/c1-9-5-19-7-21(26)17-18(2)8-22(21,3)15-13(19)14(24)10(9)4-12(19)20(15,17)6-11(23)16(18)25/h10-17,23-26H,1,4-8H2,2-3H3/q+1. The van der Waals surface area contributed by atoms with Crippen LogP contribution in [-0.2, 0) is 0 Å². The fourth-order valence-electron chi connectivity index (χ4n) is 11.5. The van der Waals surface area contributed by atoms with Gasteiger partial charge in [0.05, 0.1) is 43.2 Å². The first-order valence-electron chi connectivity index (χ1n) is 10.4. The summed E-state index contributed by atoms with van der Waals surface area (Å²) in [4.78, 5) is 0. The monoisotopic (exact) mass is 360 g/mol. The van der Waals surface area contributed by atoms with Crippen LogP contribution in [-0.4, -0.2) is 68.6 Å². The maximum absolute atomic E-state index is 12.2. The summed E-state index contributed by atoms with van der Waals surface area (Å²) in [5.41, 5.74) is -0.299. The minimum absolute atomic E-state index is 0.0244. The molecule has 0 amide bonds. The van der Waals surface area contributed by atoms with Crippen molar-refractivity contribution in [3.05, 3.63) is 12.2 Å². The molecule has 13 atom stereocenters. The van der Waals surface area contributed by atoms with Gasteiger partial charge < -0.3 is 20.4 Å². The molecule has 0 aromatic rings. The molecule has 5 heteroatoms. The smallest absolute Gasteiger partial charge is 0.205 e. The van der Waals surface area contributed by atoms with Crippen LogP contribution >= 0.6 is 0 Å². The highest BCUT2D eigenvalue weighted by atomic mass is 16.3. The zero-order valence-electron chi connectivity index (χ0n) is 15.6. The molecule has 9 rings (SSSR count). The maximum Gasteiger partial charge on any atom is 0.205 e. The molecule has 13 unspecified atom stereocenters. The third-order valence-corrected chi connectivity index (χ3v) is 11.3. The summed E-state index contributed by atoms with van der Waals surface area (Å²) in [6.07, 6.45) is 1.37. The Morgan fingerprint density at radius 2 is 1.96 bits per heavy atom. The first-order valence-corrected chi connectivity index (χ1v) is 10.4. The molecule has 142 valence electrons. The van der Waals surface area contributed by atoms with Crippen LogP contribution in [0, 0.1) is 39.9 Å². The van der Waals surface area contributed by atoms with Crippen LogP contribution in [0.1, 0.15) is 32.6 Å². The summed E-state index contributed by atoms with van der Waals surface area (Å²) in [7, 11) is 2.18. The van der Waals surface area contributed by atoms with E-state index in [1.54, 1.807) is 0 Å². The van der Waals surface area contributed by atoms with Crippen LogP contribution in [0.3, 0.4) is 0 Å². The molecule has 0 radical (unpaired) electrons. The SMILES string of the molecule is C=C1CC23CC4(O)C5C6(C)C[N+]4(C)C4C2C(O)C1CC3C54CC(O)C6O. The van der Waals surface area contributed by atoms with Crippen molar-refractivity contribution in [3.63, 3.8) is 0 Å². The first-order chi connectivity index (χ1) is 12.1. The lowest BCUT2D eigenvalue weighted by molar-refractivity contribution is -0.996. The van der Waals surface area contributed by atoms with Crippen molar-refractivity contribution in [1.29, 1.82) is 0 Å². The van der Waals surface area contributed by atoms with E-state index in [1.165, 1.54) is 5.57 Å². The molecule has 26 heavy (non-hydrogen) atoms. The summed E-state index contributed by atoms with van der Waals surface area (Å²) in [6.45, 7) is 7.11. The lowest BCUT2D eigenvalue weighted by atomic mass is 9.39. The zero-order chi connectivity index (χ0) is 18.2. The topological polar surface area (TPSA) is 80.9 Å². The Bertz CT molecular complexity index is 801. The highest BCUT2D eigenvalue weighted by Crippen LogP contribution is 2.90. The van der Waals surface area contributed by atoms with Crippen LogP contribution in [0.25, 0.3) is 0 Å². The molecule has 4 N–H and O–H groups in total. The summed E-state index contributed by atoms with van der Waals surface area (Å²) in [6, 6.07) is 0.208.